The summed E-state index contributed by atoms with van der Waals surface area (Å²) >= 11 is 0. The Morgan fingerprint density at radius 3 is 2.63 bits per heavy atom. The van der Waals surface area contributed by atoms with Gasteiger partial charge in [0.05, 0.1) is 5.69 Å². The molecule has 1 saturated carbocycles. The van der Waals surface area contributed by atoms with Crippen molar-refractivity contribution >= 4 is 17.5 Å². The summed E-state index contributed by atoms with van der Waals surface area (Å²) in [4.78, 5) is 24.4. The van der Waals surface area contributed by atoms with Gasteiger partial charge in [0.15, 0.2) is 0 Å². The Balaban J connectivity index is 1.94. The Hall–Kier alpha value is -1.91. The molecule has 0 saturated heterocycles. The van der Waals surface area contributed by atoms with Gasteiger partial charge in [-0.2, -0.15) is 0 Å². The van der Waals surface area contributed by atoms with E-state index in [0.717, 1.165) is 12.8 Å². The van der Waals surface area contributed by atoms with E-state index in [0.29, 0.717) is 6.54 Å². The molecule has 2 rings (SSSR count). The largest absolute Gasteiger partial charge is 0.354 e. The summed E-state index contributed by atoms with van der Waals surface area (Å²) < 4.78 is 13.6. The lowest BCUT2D eigenvalue weighted by Crippen LogP contribution is -2.38. The summed E-state index contributed by atoms with van der Waals surface area (Å²) in [6.45, 7) is 1.99. The van der Waals surface area contributed by atoms with Crippen molar-refractivity contribution in [2.75, 3.05) is 18.0 Å². The molecule has 4 nitrogen and oxygen atoms in total. The maximum absolute atomic E-state index is 13.6. The molecule has 2 amide bonds. The van der Waals surface area contributed by atoms with Gasteiger partial charge in [-0.1, -0.05) is 12.1 Å². The molecule has 102 valence electrons. The summed E-state index contributed by atoms with van der Waals surface area (Å²) in [7, 11) is 0. The van der Waals surface area contributed by atoms with E-state index in [-0.39, 0.29) is 30.0 Å². The zero-order chi connectivity index (χ0) is 13.8. The van der Waals surface area contributed by atoms with Crippen LogP contribution in [0.25, 0.3) is 0 Å². The Labute approximate surface area is 111 Å². The normalized spacial score (nSPS) is 14.0. The molecule has 19 heavy (non-hydrogen) atoms. The smallest absolute Gasteiger partial charge is 0.224 e. The van der Waals surface area contributed by atoms with Crippen molar-refractivity contribution in [2.24, 2.45) is 5.92 Å². The highest BCUT2D eigenvalue weighted by Gasteiger charge is 2.29. The van der Waals surface area contributed by atoms with E-state index in [4.69, 9.17) is 0 Å². The lowest BCUT2D eigenvalue weighted by atomic mass is 10.2. The van der Waals surface area contributed by atoms with Gasteiger partial charge in [0.1, 0.15) is 5.82 Å². The predicted octanol–water partition coefficient (Wildman–Crippen LogP) is 1.70. The van der Waals surface area contributed by atoms with Crippen LogP contribution in [0.3, 0.4) is 0 Å². The van der Waals surface area contributed by atoms with E-state index in [1.54, 1.807) is 18.2 Å². The van der Waals surface area contributed by atoms with E-state index in [2.05, 4.69) is 5.32 Å². The first-order chi connectivity index (χ1) is 9.09. The Bertz CT molecular complexity index is 486. The quantitative estimate of drug-likeness (QED) is 0.880. The first-order valence-corrected chi connectivity index (χ1v) is 6.40. The Kier molecular flexibility index (Phi) is 4.14. The van der Waals surface area contributed by atoms with Gasteiger partial charge >= 0.3 is 0 Å². The molecule has 0 atom stereocenters. The van der Waals surface area contributed by atoms with Crippen LogP contribution in [0.4, 0.5) is 10.1 Å². The molecule has 0 bridgehead atoms. The molecular weight excluding hydrogens is 247 g/mol. The zero-order valence-corrected chi connectivity index (χ0v) is 10.9. The van der Waals surface area contributed by atoms with Crippen LogP contribution in [-0.2, 0) is 9.59 Å². The second-order valence-corrected chi connectivity index (χ2v) is 4.69. The van der Waals surface area contributed by atoms with Crippen LogP contribution in [0.15, 0.2) is 24.3 Å². The van der Waals surface area contributed by atoms with E-state index >= 15 is 0 Å². The standard InChI is InChI=1S/C14H17FN2O2/c1-10(18)17(13-5-3-2-4-12(13)15)9-8-16-14(19)11-6-7-11/h2-5,11H,6-9H2,1H3,(H,16,19). The SMILES string of the molecule is CC(=O)N(CCNC(=O)C1CC1)c1ccccc1F. The summed E-state index contributed by atoms with van der Waals surface area (Å²) in [6.07, 6.45) is 1.88. The fourth-order valence-corrected chi connectivity index (χ4v) is 1.90. The molecule has 1 aromatic carbocycles. The summed E-state index contributed by atoms with van der Waals surface area (Å²) in [5.41, 5.74) is 0.246. The van der Waals surface area contributed by atoms with Gasteiger partial charge in [0.25, 0.3) is 0 Å². The molecule has 0 unspecified atom stereocenters. The highest BCUT2D eigenvalue weighted by molar-refractivity contribution is 5.91. The van der Waals surface area contributed by atoms with Crippen LogP contribution in [0, 0.1) is 11.7 Å². The molecule has 0 aromatic heterocycles. The van der Waals surface area contributed by atoms with Crippen molar-refractivity contribution in [1.29, 1.82) is 0 Å². The maximum atomic E-state index is 13.6. The van der Waals surface area contributed by atoms with Crippen molar-refractivity contribution < 1.29 is 14.0 Å². The second-order valence-electron chi connectivity index (χ2n) is 4.69. The average molecular weight is 264 g/mol. The van der Waals surface area contributed by atoms with Crippen LogP contribution in [0.1, 0.15) is 19.8 Å². The van der Waals surface area contributed by atoms with Gasteiger partial charge in [-0.25, -0.2) is 4.39 Å². The van der Waals surface area contributed by atoms with Gasteiger partial charge < -0.3 is 10.2 Å². The monoisotopic (exact) mass is 264 g/mol. The molecule has 0 heterocycles. The third kappa shape index (κ3) is 3.53. The van der Waals surface area contributed by atoms with Crippen LogP contribution in [0.2, 0.25) is 0 Å². The Morgan fingerprint density at radius 2 is 2.05 bits per heavy atom. The van der Waals surface area contributed by atoms with Gasteiger partial charge in [0, 0.05) is 25.9 Å². The third-order valence-electron chi connectivity index (χ3n) is 3.11. The molecule has 5 heteroatoms. The van der Waals surface area contributed by atoms with Gasteiger partial charge in [-0.05, 0) is 25.0 Å². The fourth-order valence-electron chi connectivity index (χ4n) is 1.90. The molecule has 0 radical (unpaired) electrons. The minimum Gasteiger partial charge on any atom is -0.354 e. The molecule has 0 aliphatic heterocycles. The predicted molar refractivity (Wildman–Crippen MR) is 70.2 cm³/mol. The average Bonchev–Trinajstić information content (AvgIpc) is 3.19. The first kappa shape index (κ1) is 13.5. The zero-order valence-electron chi connectivity index (χ0n) is 10.9. The van der Waals surface area contributed by atoms with E-state index in [1.165, 1.54) is 17.9 Å². The van der Waals surface area contributed by atoms with E-state index in [1.807, 2.05) is 0 Å². The van der Waals surface area contributed by atoms with Crippen molar-refractivity contribution in [3.8, 4) is 0 Å². The van der Waals surface area contributed by atoms with Gasteiger partial charge in [0.2, 0.25) is 11.8 Å². The number of nitrogens with one attached hydrogen (secondary N) is 1. The van der Waals surface area contributed by atoms with E-state index < -0.39 is 5.82 Å². The Morgan fingerprint density at radius 1 is 1.37 bits per heavy atom. The molecule has 1 aliphatic carbocycles. The molecule has 1 fully saturated rings. The number of rotatable bonds is 5. The maximum Gasteiger partial charge on any atom is 0.224 e. The summed E-state index contributed by atoms with van der Waals surface area (Å²) in [5.74, 6) is -0.520. The van der Waals surface area contributed by atoms with E-state index in [9.17, 15) is 14.0 Å². The highest BCUT2D eigenvalue weighted by atomic mass is 19.1. The molecule has 0 spiro atoms. The van der Waals surface area contributed by atoms with Crippen molar-refractivity contribution in [1.82, 2.24) is 5.32 Å². The number of carbonyl (C=O) groups is 2. The lowest BCUT2D eigenvalue weighted by Gasteiger charge is -2.21. The number of halogens is 1. The molecule has 1 aliphatic rings. The number of hydrogen-bond acceptors (Lipinski definition) is 2. The second kappa shape index (κ2) is 5.82. The van der Waals surface area contributed by atoms with Crippen molar-refractivity contribution in [2.45, 2.75) is 19.8 Å². The first-order valence-electron chi connectivity index (χ1n) is 6.40. The van der Waals surface area contributed by atoms with Crippen LogP contribution in [0.5, 0.6) is 0 Å². The summed E-state index contributed by atoms with van der Waals surface area (Å²) in [5, 5.41) is 2.76. The van der Waals surface area contributed by atoms with Crippen LogP contribution in [-0.4, -0.2) is 24.9 Å². The minimum atomic E-state index is -0.439. The van der Waals surface area contributed by atoms with Crippen LogP contribution >= 0.6 is 0 Å². The van der Waals surface area contributed by atoms with Crippen LogP contribution < -0.4 is 10.2 Å². The van der Waals surface area contributed by atoms with Gasteiger partial charge in [-0.15, -0.1) is 0 Å². The number of nitrogens with zero attached hydrogens (tertiary/aromatic N) is 1. The number of hydrogen-bond donors (Lipinski definition) is 1. The molecular formula is C14H17FN2O2. The minimum absolute atomic E-state index is 0.0250. The van der Waals surface area contributed by atoms with Crippen molar-refractivity contribution in [3.63, 3.8) is 0 Å². The topological polar surface area (TPSA) is 49.4 Å². The molecule has 1 N–H and O–H groups in total. The van der Waals surface area contributed by atoms with Gasteiger partial charge in [-0.3, -0.25) is 9.59 Å². The third-order valence-corrected chi connectivity index (χ3v) is 3.11. The number of para-hydroxylation sites is 1. The summed E-state index contributed by atoms with van der Waals surface area (Å²) in [6, 6.07) is 6.12. The molecule has 1 aromatic rings. The number of amides is 2. The number of carbonyl (C=O) groups excluding carboxylic acids is 2. The lowest BCUT2D eigenvalue weighted by molar-refractivity contribution is -0.122. The fraction of sp³-hybridized carbons (Fsp3) is 0.429. The highest BCUT2D eigenvalue weighted by Crippen LogP contribution is 2.28. The number of anilines is 1. The van der Waals surface area contributed by atoms with Crippen molar-refractivity contribution in [3.05, 3.63) is 30.1 Å². The number of benzene rings is 1.